The Kier molecular flexibility index (Phi) is 3.69. The minimum Gasteiger partial charge on any atom is -0.481 e. The summed E-state index contributed by atoms with van der Waals surface area (Å²) >= 11 is 0. The third-order valence-electron chi connectivity index (χ3n) is 3.58. The predicted octanol–water partition coefficient (Wildman–Crippen LogP) is 2.75. The predicted molar refractivity (Wildman–Crippen MR) is 80.4 cm³/mol. The number of benzene rings is 1. The molecule has 0 spiro atoms. The van der Waals surface area contributed by atoms with Gasteiger partial charge in [-0.1, -0.05) is 30.3 Å². The number of carbonyl (C=O) groups is 1. The number of nitrogens with zero attached hydrogens (tertiary/aromatic N) is 2. The van der Waals surface area contributed by atoms with E-state index in [-0.39, 0.29) is 6.42 Å². The summed E-state index contributed by atoms with van der Waals surface area (Å²) < 4.78 is 2.10. The maximum Gasteiger partial charge on any atom is 0.307 e. The Hall–Kier alpha value is -2.62. The summed E-state index contributed by atoms with van der Waals surface area (Å²) in [6, 6.07) is 14.0. The molecule has 1 N–H and O–H groups in total. The van der Waals surface area contributed by atoms with Crippen LogP contribution in [0.3, 0.4) is 0 Å². The maximum absolute atomic E-state index is 10.7. The van der Waals surface area contributed by atoms with Crippen molar-refractivity contribution in [3.05, 3.63) is 71.8 Å². The number of aryl methyl sites for hydroxylation is 2. The van der Waals surface area contributed by atoms with E-state index in [1.807, 2.05) is 48.9 Å². The molecule has 0 fully saturated rings. The fourth-order valence-corrected chi connectivity index (χ4v) is 2.48. The van der Waals surface area contributed by atoms with E-state index in [4.69, 9.17) is 5.11 Å². The van der Waals surface area contributed by atoms with Gasteiger partial charge in [0.2, 0.25) is 0 Å². The Morgan fingerprint density at radius 2 is 1.81 bits per heavy atom. The van der Waals surface area contributed by atoms with E-state index in [0.717, 1.165) is 23.9 Å². The lowest BCUT2D eigenvalue weighted by molar-refractivity contribution is -0.136. The second-order valence-electron chi connectivity index (χ2n) is 5.09. The smallest absolute Gasteiger partial charge is 0.307 e. The number of carboxylic acids is 1. The number of fused-ring (bicyclic) bond motifs is 1. The van der Waals surface area contributed by atoms with E-state index in [2.05, 4.69) is 15.5 Å². The number of hydrogen-bond acceptors (Lipinski definition) is 2. The van der Waals surface area contributed by atoms with Gasteiger partial charge in [-0.25, -0.2) is 4.98 Å². The molecule has 0 aliphatic carbocycles. The second kappa shape index (κ2) is 5.79. The maximum atomic E-state index is 10.7. The van der Waals surface area contributed by atoms with Crippen LogP contribution in [0.15, 0.2) is 55.0 Å². The van der Waals surface area contributed by atoms with E-state index in [1.54, 1.807) is 0 Å². The number of aromatic nitrogens is 2. The van der Waals surface area contributed by atoms with Crippen LogP contribution in [0.4, 0.5) is 0 Å². The Morgan fingerprint density at radius 1 is 1.05 bits per heavy atom. The third kappa shape index (κ3) is 3.11. The minimum atomic E-state index is -0.797. The van der Waals surface area contributed by atoms with Crippen LogP contribution in [0.2, 0.25) is 0 Å². The van der Waals surface area contributed by atoms with Gasteiger partial charge in [0, 0.05) is 5.69 Å². The van der Waals surface area contributed by atoms with Crippen molar-refractivity contribution in [2.45, 2.75) is 19.3 Å². The quantitative estimate of drug-likeness (QED) is 0.782. The fraction of sp³-hybridized carbons (Fsp3) is 0.176. The topological polar surface area (TPSA) is 54.6 Å². The molecular weight excluding hydrogens is 264 g/mol. The molecule has 3 aromatic rings. The van der Waals surface area contributed by atoms with Crippen LogP contribution in [-0.4, -0.2) is 20.5 Å². The van der Waals surface area contributed by atoms with Crippen LogP contribution in [0.1, 0.15) is 16.8 Å². The van der Waals surface area contributed by atoms with Gasteiger partial charge in [0.1, 0.15) is 0 Å². The molecule has 0 saturated carbocycles. The van der Waals surface area contributed by atoms with Crippen molar-refractivity contribution < 1.29 is 9.90 Å². The van der Waals surface area contributed by atoms with Crippen molar-refractivity contribution in [1.82, 2.24) is 9.38 Å². The minimum absolute atomic E-state index is 0.0780. The Labute approximate surface area is 122 Å². The molecule has 4 nitrogen and oxygen atoms in total. The van der Waals surface area contributed by atoms with E-state index < -0.39 is 5.97 Å². The van der Waals surface area contributed by atoms with Crippen LogP contribution in [0, 0.1) is 0 Å². The fourth-order valence-electron chi connectivity index (χ4n) is 2.48. The van der Waals surface area contributed by atoms with Gasteiger partial charge in [-0.3, -0.25) is 4.79 Å². The molecule has 1 aromatic carbocycles. The number of pyridine rings is 1. The average molecular weight is 280 g/mol. The number of carboxylic acid groups (broad SMARTS) is 1. The van der Waals surface area contributed by atoms with Gasteiger partial charge in [-0.2, -0.15) is 0 Å². The molecule has 106 valence electrons. The highest BCUT2D eigenvalue weighted by Gasteiger charge is 2.03. The highest BCUT2D eigenvalue weighted by molar-refractivity contribution is 5.70. The van der Waals surface area contributed by atoms with Gasteiger partial charge in [0.25, 0.3) is 0 Å². The van der Waals surface area contributed by atoms with Gasteiger partial charge >= 0.3 is 5.97 Å². The molecule has 21 heavy (non-hydrogen) atoms. The highest BCUT2D eigenvalue weighted by atomic mass is 16.4. The highest BCUT2D eigenvalue weighted by Crippen LogP contribution is 2.12. The first-order chi connectivity index (χ1) is 10.2. The van der Waals surface area contributed by atoms with Gasteiger partial charge in [0.15, 0.2) is 0 Å². The van der Waals surface area contributed by atoms with Gasteiger partial charge in [0.05, 0.1) is 24.5 Å². The van der Waals surface area contributed by atoms with E-state index in [0.29, 0.717) is 0 Å². The summed E-state index contributed by atoms with van der Waals surface area (Å²) in [6.45, 7) is 0. The summed E-state index contributed by atoms with van der Waals surface area (Å²) in [6.07, 6.45) is 5.61. The molecule has 0 atom stereocenters. The molecule has 0 saturated heterocycles. The normalized spacial score (nSPS) is 10.9. The number of aliphatic carboxylic acids is 1. The van der Waals surface area contributed by atoms with Crippen LogP contribution < -0.4 is 0 Å². The largest absolute Gasteiger partial charge is 0.481 e. The first-order valence-electron chi connectivity index (χ1n) is 6.92. The van der Waals surface area contributed by atoms with Gasteiger partial charge in [-0.05, 0) is 36.1 Å². The molecule has 0 amide bonds. The first kappa shape index (κ1) is 13.4. The summed E-state index contributed by atoms with van der Waals surface area (Å²) in [5, 5.41) is 8.76. The van der Waals surface area contributed by atoms with Crippen molar-refractivity contribution in [3.63, 3.8) is 0 Å². The zero-order valence-corrected chi connectivity index (χ0v) is 11.6. The van der Waals surface area contributed by atoms with E-state index >= 15 is 0 Å². The van der Waals surface area contributed by atoms with E-state index in [1.165, 1.54) is 11.3 Å². The van der Waals surface area contributed by atoms with Crippen molar-refractivity contribution in [3.8, 4) is 0 Å². The lowest BCUT2D eigenvalue weighted by atomic mass is 10.0. The van der Waals surface area contributed by atoms with E-state index in [9.17, 15) is 4.79 Å². The monoisotopic (exact) mass is 280 g/mol. The zero-order valence-electron chi connectivity index (χ0n) is 11.6. The standard InChI is InChI=1S/C17H16N2O2/c20-17(21)10-14-6-4-13(5-7-14)8-9-15-2-1-3-16-11-18-12-19(15)16/h1-7,11-12H,8-10H2,(H,20,21). The molecule has 3 rings (SSSR count). The molecule has 4 heteroatoms. The lowest BCUT2D eigenvalue weighted by Gasteiger charge is -2.06. The molecular formula is C17H16N2O2. The van der Waals surface area contributed by atoms with Gasteiger partial charge < -0.3 is 9.51 Å². The summed E-state index contributed by atoms with van der Waals surface area (Å²) in [7, 11) is 0. The number of rotatable bonds is 5. The van der Waals surface area contributed by atoms with Crippen molar-refractivity contribution in [2.24, 2.45) is 0 Å². The van der Waals surface area contributed by atoms with Crippen molar-refractivity contribution in [2.75, 3.05) is 0 Å². The van der Waals surface area contributed by atoms with Crippen LogP contribution >= 0.6 is 0 Å². The molecule has 0 aliphatic heterocycles. The Bertz CT molecular complexity index is 760. The summed E-state index contributed by atoms with van der Waals surface area (Å²) in [4.78, 5) is 14.8. The average Bonchev–Trinajstić information content (AvgIpc) is 2.95. The molecule has 2 heterocycles. The van der Waals surface area contributed by atoms with Crippen molar-refractivity contribution >= 4 is 11.5 Å². The molecule has 0 bridgehead atoms. The van der Waals surface area contributed by atoms with Crippen LogP contribution in [0.5, 0.6) is 0 Å². The number of hydrogen-bond donors (Lipinski definition) is 1. The summed E-state index contributed by atoms with van der Waals surface area (Å²) in [5.74, 6) is -0.797. The molecule has 0 radical (unpaired) electrons. The van der Waals surface area contributed by atoms with Gasteiger partial charge in [-0.15, -0.1) is 0 Å². The summed E-state index contributed by atoms with van der Waals surface area (Å²) in [5.41, 5.74) is 4.37. The second-order valence-corrected chi connectivity index (χ2v) is 5.09. The first-order valence-corrected chi connectivity index (χ1v) is 6.92. The third-order valence-corrected chi connectivity index (χ3v) is 3.58. The number of imidazole rings is 1. The SMILES string of the molecule is O=C(O)Cc1ccc(CCc2cccc3cncn23)cc1. The Balaban J connectivity index is 1.70. The zero-order chi connectivity index (χ0) is 14.7. The Morgan fingerprint density at radius 3 is 2.57 bits per heavy atom. The lowest BCUT2D eigenvalue weighted by Crippen LogP contribution is -2.01. The molecule has 0 aliphatic rings. The molecule has 0 unspecified atom stereocenters. The van der Waals surface area contributed by atoms with Crippen LogP contribution in [0.25, 0.3) is 5.52 Å². The van der Waals surface area contributed by atoms with Crippen LogP contribution in [-0.2, 0) is 24.1 Å². The van der Waals surface area contributed by atoms with Crippen molar-refractivity contribution in [1.29, 1.82) is 0 Å². The molecule has 2 aromatic heterocycles.